The zero-order valence-corrected chi connectivity index (χ0v) is 19.6. The average molecular weight is 473 g/mol. The Morgan fingerprint density at radius 3 is 2.66 bits per heavy atom. The smallest absolute Gasteiger partial charge is 0.410 e. The summed E-state index contributed by atoms with van der Waals surface area (Å²) in [6, 6.07) is 21.0. The number of benzene rings is 2. The fourth-order valence-corrected chi connectivity index (χ4v) is 4.66. The van der Waals surface area contributed by atoms with Crippen molar-refractivity contribution in [2.24, 2.45) is 0 Å². The van der Waals surface area contributed by atoms with E-state index in [1.807, 2.05) is 42.5 Å². The van der Waals surface area contributed by atoms with Crippen LogP contribution in [0.3, 0.4) is 0 Å². The number of anilines is 2. The summed E-state index contributed by atoms with van der Waals surface area (Å²) in [6.45, 7) is 1.98. The van der Waals surface area contributed by atoms with E-state index < -0.39 is 5.60 Å². The second kappa shape index (κ2) is 9.66. The molecule has 8 heteroatoms. The lowest BCUT2D eigenvalue weighted by molar-refractivity contribution is 0.0553. The van der Waals surface area contributed by atoms with Crippen LogP contribution in [0.4, 0.5) is 16.3 Å². The van der Waals surface area contributed by atoms with Gasteiger partial charge in [-0.25, -0.2) is 9.78 Å². The number of pyridine rings is 1. The molecule has 180 valence electrons. The monoisotopic (exact) mass is 472 g/mol. The molecule has 2 aliphatic rings. The number of aromatic nitrogens is 1. The Balaban J connectivity index is 1.24. The highest BCUT2D eigenvalue weighted by atomic mass is 16.6. The van der Waals surface area contributed by atoms with Crippen molar-refractivity contribution in [3.63, 3.8) is 0 Å². The SMILES string of the molecule is COc1ccc(Nc2ncccc2C(=O)N2CC[C@@]3(CN(CCc4ccccc4)C(=O)O3)C2)cc1. The second-order valence-corrected chi connectivity index (χ2v) is 8.94. The molecule has 2 saturated heterocycles. The number of rotatable bonds is 7. The average Bonchev–Trinajstić information content (AvgIpc) is 3.45. The van der Waals surface area contributed by atoms with Gasteiger partial charge in [-0.2, -0.15) is 0 Å². The van der Waals surface area contributed by atoms with E-state index in [-0.39, 0.29) is 12.0 Å². The van der Waals surface area contributed by atoms with Gasteiger partial charge >= 0.3 is 6.09 Å². The number of methoxy groups -OCH3 is 1. The minimum absolute atomic E-state index is 0.134. The van der Waals surface area contributed by atoms with E-state index >= 15 is 0 Å². The second-order valence-electron chi connectivity index (χ2n) is 8.94. The maximum absolute atomic E-state index is 13.4. The van der Waals surface area contributed by atoms with E-state index in [4.69, 9.17) is 9.47 Å². The van der Waals surface area contributed by atoms with Crippen molar-refractivity contribution in [3.8, 4) is 5.75 Å². The van der Waals surface area contributed by atoms with E-state index in [2.05, 4.69) is 22.4 Å². The summed E-state index contributed by atoms with van der Waals surface area (Å²) >= 11 is 0. The van der Waals surface area contributed by atoms with Crippen LogP contribution in [0.5, 0.6) is 5.75 Å². The third-order valence-electron chi connectivity index (χ3n) is 6.55. The molecule has 1 aromatic heterocycles. The lowest BCUT2D eigenvalue weighted by Crippen LogP contribution is -2.40. The van der Waals surface area contributed by atoms with Crippen molar-refractivity contribution in [3.05, 3.63) is 84.1 Å². The van der Waals surface area contributed by atoms with Gasteiger partial charge in [-0.15, -0.1) is 0 Å². The summed E-state index contributed by atoms with van der Waals surface area (Å²) in [6.07, 6.45) is 2.73. The number of likely N-dealkylation sites (tertiary alicyclic amines) is 1. The van der Waals surface area contributed by atoms with Gasteiger partial charge < -0.3 is 24.6 Å². The molecule has 0 saturated carbocycles. The molecule has 2 aliphatic heterocycles. The lowest BCUT2D eigenvalue weighted by Gasteiger charge is -2.23. The highest BCUT2D eigenvalue weighted by Crippen LogP contribution is 2.34. The van der Waals surface area contributed by atoms with Crippen molar-refractivity contribution in [2.75, 3.05) is 38.6 Å². The van der Waals surface area contributed by atoms with E-state index in [0.29, 0.717) is 44.0 Å². The van der Waals surface area contributed by atoms with Gasteiger partial charge in [0.1, 0.15) is 11.6 Å². The molecule has 1 N–H and O–H groups in total. The third kappa shape index (κ3) is 4.91. The van der Waals surface area contributed by atoms with Crippen LogP contribution in [-0.4, -0.2) is 65.7 Å². The first-order valence-electron chi connectivity index (χ1n) is 11.7. The predicted molar refractivity (Wildman–Crippen MR) is 132 cm³/mol. The van der Waals surface area contributed by atoms with Gasteiger partial charge in [0.05, 0.1) is 25.8 Å². The fourth-order valence-electron chi connectivity index (χ4n) is 4.66. The van der Waals surface area contributed by atoms with E-state index in [0.717, 1.165) is 17.9 Å². The van der Waals surface area contributed by atoms with Gasteiger partial charge in [0.15, 0.2) is 5.60 Å². The quantitative estimate of drug-likeness (QED) is 0.557. The zero-order chi connectivity index (χ0) is 24.3. The van der Waals surface area contributed by atoms with Gasteiger partial charge in [0, 0.05) is 31.4 Å². The van der Waals surface area contributed by atoms with Crippen LogP contribution in [0.2, 0.25) is 0 Å². The van der Waals surface area contributed by atoms with Crippen LogP contribution >= 0.6 is 0 Å². The maximum atomic E-state index is 13.4. The fraction of sp³-hybridized carbons (Fsp3) is 0.296. The minimum atomic E-state index is -0.658. The van der Waals surface area contributed by atoms with Crippen LogP contribution in [-0.2, 0) is 11.2 Å². The van der Waals surface area contributed by atoms with Crippen LogP contribution in [0.15, 0.2) is 72.9 Å². The van der Waals surface area contributed by atoms with Gasteiger partial charge in [-0.3, -0.25) is 4.79 Å². The van der Waals surface area contributed by atoms with E-state index in [1.54, 1.807) is 35.2 Å². The predicted octanol–water partition coefficient (Wildman–Crippen LogP) is 4.11. The van der Waals surface area contributed by atoms with Crippen LogP contribution < -0.4 is 10.1 Å². The Bertz CT molecular complexity index is 1200. The molecule has 8 nitrogen and oxygen atoms in total. The molecule has 0 radical (unpaired) electrons. The molecule has 5 rings (SSSR count). The number of hydrogen-bond donors (Lipinski definition) is 1. The molecule has 2 aromatic carbocycles. The highest BCUT2D eigenvalue weighted by Gasteiger charge is 2.50. The van der Waals surface area contributed by atoms with Crippen LogP contribution in [0.1, 0.15) is 22.3 Å². The summed E-state index contributed by atoms with van der Waals surface area (Å²) in [5.74, 6) is 1.10. The first-order valence-corrected chi connectivity index (χ1v) is 11.7. The van der Waals surface area contributed by atoms with Gasteiger partial charge in [-0.1, -0.05) is 30.3 Å². The highest BCUT2D eigenvalue weighted by molar-refractivity contribution is 5.99. The van der Waals surface area contributed by atoms with Crippen molar-refractivity contribution < 1.29 is 19.1 Å². The Hall–Kier alpha value is -4.07. The number of carbonyl (C=O) groups excluding carboxylic acids is 2. The van der Waals surface area contributed by atoms with Gasteiger partial charge in [-0.05, 0) is 48.4 Å². The normalized spacial score (nSPS) is 19.2. The molecule has 0 aliphatic carbocycles. The summed E-state index contributed by atoms with van der Waals surface area (Å²) in [4.78, 5) is 33.9. The Labute approximate surface area is 204 Å². The molecule has 0 unspecified atom stereocenters. The number of amides is 2. The van der Waals surface area contributed by atoms with Crippen molar-refractivity contribution in [1.82, 2.24) is 14.8 Å². The number of nitrogens with one attached hydrogen (secondary N) is 1. The van der Waals surface area contributed by atoms with Crippen LogP contribution in [0, 0.1) is 0 Å². The van der Waals surface area contributed by atoms with Crippen molar-refractivity contribution in [2.45, 2.75) is 18.4 Å². The number of nitrogens with zero attached hydrogens (tertiary/aromatic N) is 3. The summed E-state index contributed by atoms with van der Waals surface area (Å²) < 4.78 is 11.0. The van der Waals surface area contributed by atoms with Gasteiger partial charge in [0.25, 0.3) is 5.91 Å². The molecule has 3 heterocycles. The van der Waals surface area contributed by atoms with E-state index in [9.17, 15) is 9.59 Å². The first-order chi connectivity index (χ1) is 17.0. The molecule has 1 atom stereocenters. The summed E-state index contributed by atoms with van der Waals surface area (Å²) in [7, 11) is 1.62. The zero-order valence-electron chi connectivity index (χ0n) is 19.6. The van der Waals surface area contributed by atoms with Crippen molar-refractivity contribution >= 4 is 23.5 Å². The molecule has 3 aromatic rings. The molecule has 1 spiro atoms. The number of hydrogen-bond acceptors (Lipinski definition) is 6. The Morgan fingerprint density at radius 1 is 1.09 bits per heavy atom. The minimum Gasteiger partial charge on any atom is -0.497 e. The molecule has 2 fully saturated rings. The van der Waals surface area contributed by atoms with Crippen LogP contribution in [0.25, 0.3) is 0 Å². The first kappa shape index (κ1) is 22.7. The third-order valence-corrected chi connectivity index (χ3v) is 6.55. The largest absolute Gasteiger partial charge is 0.497 e. The number of ether oxygens (including phenoxy) is 2. The van der Waals surface area contributed by atoms with E-state index in [1.165, 1.54) is 5.56 Å². The topological polar surface area (TPSA) is 84.0 Å². The molecular formula is C27H28N4O4. The molecule has 2 amide bonds. The molecule has 35 heavy (non-hydrogen) atoms. The molecule has 0 bridgehead atoms. The Kier molecular flexibility index (Phi) is 6.27. The summed E-state index contributed by atoms with van der Waals surface area (Å²) in [5, 5.41) is 3.23. The molecular weight excluding hydrogens is 444 g/mol. The lowest BCUT2D eigenvalue weighted by atomic mass is 10.0. The Morgan fingerprint density at radius 2 is 1.89 bits per heavy atom. The summed E-state index contributed by atoms with van der Waals surface area (Å²) in [5.41, 5.74) is 1.80. The standard InChI is InChI=1S/C27H28N4O4/c1-34-22-11-9-21(10-12-22)29-24-23(8-5-15-28-24)25(32)30-17-14-27(18-30)19-31(26(33)35-27)16-13-20-6-3-2-4-7-20/h2-12,15H,13-14,16-19H2,1H3,(H,28,29)/t27-/m0/s1. The maximum Gasteiger partial charge on any atom is 0.410 e. The van der Waals surface area contributed by atoms with Gasteiger partial charge in [0.2, 0.25) is 0 Å². The van der Waals surface area contributed by atoms with Crippen molar-refractivity contribution in [1.29, 1.82) is 0 Å². The number of carbonyl (C=O) groups is 2.